The number of aryl methyl sites for hydroxylation is 1. The minimum absolute atomic E-state index is 0. The molecule has 0 saturated heterocycles. The third kappa shape index (κ3) is 16.0. The van der Waals surface area contributed by atoms with Gasteiger partial charge in [0.1, 0.15) is 5.69 Å². The summed E-state index contributed by atoms with van der Waals surface area (Å²) >= 11 is 0. The van der Waals surface area contributed by atoms with Crippen LogP contribution in [-0.4, -0.2) is 51.1 Å². The van der Waals surface area contributed by atoms with Gasteiger partial charge in [0, 0.05) is 114 Å². The summed E-state index contributed by atoms with van der Waals surface area (Å²) in [5, 5.41) is 16.4. The third-order valence-electron chi connectivity index (χ3n) is 8.10. The van der Waals surface area contributed by atoms with Crippen molar-refractivity contribution in [2.75, 3.05) is 0 Å². The van der Waals surface area contributed by atoms with Crippen molar-refractivity contribution in [1.82, 2.24) is 55.1 Å². The molecule has 1 N–H and O–H groups in total. The van der Waals surface area contributed by atoms with E-state index in [2.05, 4.69) is 90.1 Å². The van der Waals surface area contributed by atoms with Crippen molar-refractivity contribution in [3.05, 3.63) is 182 Å². The Morgan fingerprint density at radius 2 is 1.02 bits per heavy atom. The zero-order valence-corrected chi connectivity index (χ0v) is 47.6. The van der Waals surface area contributed by atoms with Gasteiger partial charge in [0.25, 0.3) is 0 Å². The van der Waals surface area contributed by atoms with Crippen molar-refractivity contribution in [2.45, 2.75) is 33.1 Å². The Bertz CT molecular complexity index is 2570. The molecule has 0 aliphatic carbocycles. The molecule has 7 heterocycles. The normalized spacial score (nSPS) is 9.84. The van der Waals surface area contributed by atoms with Gasteiger partial charge in [-0.25, -0.2) is 9.78 Å². The molecule has 9 rings (SSSR count). The molecule has 0 unspecified atom stereocenters. The number of aromatic nitrogens is 11. The van der Waals surface area contributed by atoms with Crippen LogP contribution in [0.25, 0.3) is 57.1 Å². The summed E-state index contributed by atoms with van der Waals surface area (Å²) in [6.07, 6.45) is 8.41. The van der Waals surface area contributed by atoms with E-state index < -0.39 is 5.97 Å². The second kappa shape index (κ2) is 26.9. The van der Waals surface area contributed by atoms with Gasteiger partial charge in [-0.3, -0.25) is 20.1 Å². The second-order valence-corrected chi connectivity index (χ2v) is 13.7. The molecule has 0 radical (unpaired) electrons. The number of nitrogens with zero attached hydrogens (tertiary/aromatic N) is 11. The summed E-state index contributed by atoms with van der Waals surface area (Å²) < 4.78 is 0. The van der Waals surface area contributed by atoms with E-state index >= 15 is 0 Å². The minimum Gasteiger partial charge on any atom is -0.477 e. The zero-order valence-electron chi connectivity index (χ0n) is 35.7. The summed E-state index contributed by atoms with van der Waals surface area (Å²) in [6.45, 7) is 8.10. The molecule has 302 valence electrons. The Balaban J connectivity index is 0.000000300. The Morgan fingerprint density at radius 3 is 1.43 bits per heavy atom. The maximum Gasteiger partial charge on any atom is 0.354 e. The molecule has 9 aromatic rings. The summed E-state index contributed by atoms with van der Waals surface area (Å²) in [6, 6.07) is 42.1. The molecule has 63 heavy (non-hydrogen) atoms. The van der Waals surface area contributed by atoms with Gasteiger partial charge >= 0.3 is 5.97 Å². The van der Waals surface area contributed by atoms with Gasteiger partial charge in [-0.15, -0.1) is 0 Å². The van der Waals surface area contributed by atoms with E-state index in [1.165, 1.54) is 12.3 Å². The van der Waals surface area contributed by atoms with E-state index in [9.17, 15) is 4.79 Å². The number of hydrogen-bond acceptors (Lipinski definition) is 9. The van der Waals surface area contributed by atoms with Crippen LogP contribution >= 0.6 is 0 Å². The zero-order chi connectivity index (χ0) is 41.5. The summed E-state index contributed by atoms with van der Waals surface area (Å²) in [5.41, 5.74) is 7.20. The molecule has 0 atom stereocenters. The van der Waals surface area contributed by atoms with Crippen molar-refractivity contribution in [3.63, 3.8) is 0 Å². The largest absolute Gasteiger partial charge is 0.477 e. The number of hydrogen-bond donors (Lipinski definition) is 1. The van der Waals surface area contributed by atoms with E-state index in [4.69, 9.17) is 15.1 Å². The smallest absolute Gasteiger partial charge is 0.354 e. The van der Waals surface area contributed by atoms with Gasteiger partial charge in [0.05, 0.1) is 17.1 Å². The van der Waals surface area contributed by atoms with Crippen LogP contribution in [0.1, 0.15) is 42.8 Å². The van der Waals surface area contributed by atoms with Gasteiger partial charge in [-0.1, -0.05) is 118 Å². The van der Waals surface area contributed by atoms with Crippen LogP contribution in [0.4, 0.5) is 0 Å². The topological polar surface area (TPSA) is 183 Å². The molecular weight excluding hydrogens is 1000 g/mol. The molecule has 0 aliphatic heterocycles. The number of aromatic carboxylic acids is 1. The van der Waals surface area contributed by atoms with Crippen LogP contribution in [0.5, 0.6) is 0 Å². The minimum atomic E-state index is -0.990. The quantitative estimate of drug-likeness (QED) is 0.157. The predicted molar refractivity (Wildman–Crippen MR) is 226 cm³/mol. The SMILES string of the molecule is CC(C)(C)c1n[n-]c(-c2ccccn2)n1.Cc1c[n-]c(-c2ccccn2)n1.O=C(O)c1ccccn1.[Zn].[Zn].[Zn].[Zn].c1ccc(-c2nc(-c3ccccn3)[n-]c2-c2ccccc2)cc1. The first-order chi connectivity index (χ1) is 28.7. The molecule has 0 aliphatic rings. The first-order valence-electron chi connectivity index (χ1n) is 18.5. The van der Waals surface area contributed by atoms with E-state index in [0.29, 0.717) is 17.5 Å². The third-order valence-corrected chi connectivity index (χ3v) is 8.10. The molecule has 13 nitrogen and oxygen atoms in total. The Hall–Kier alpha value is -5.44. The van der Waals surface area contributed by atoms with Crippen molar-refractivity contribution >= 4 is 5.97 Å². The van der Waals surface area contributed by atoms with Gasteiger partial charge in [-0.2, -0.15) is 0 Å². The Morgan fingerprint density at radius 1 is 0.540 bits per heavy atom. The van der Waals surface area contributed by atoms with Crippen LogP contribution in [0.2, 0.25) is 0 Å². The Labute approximate surface area is 417 Å². The molecule has 0 spiro atoms. The first kappa shape index (κ1) is 53.7. The molecule has 0 amide bonds. The monoisotopic (exact) mass is 1030 g/mol. The van der Waals surface area contributed by atoms with Crippen LogP contribution in [-0.2, 0) is 83.3 Å². The average molecular weight is 1040 g/mol. The molecule has 0 saturated carbocycles. The standard InChI is InChI=1S/C20H14N3.C11H13N4.C9H8N3.C6H5NO2.4Zn/c1-3-9-15(10-4-1)18-19(16-11-5-2-6-12-16)23-20(22-18)17-13-7-8-14-21-17;1-11(2,3)10-13-9(14-15-10)8-6-4-5-7-12-8;1-7-6-11-9(12-7)8-4-2-3-5-10-8;8-6(9)5-3-1-2-4-7-5;;;;/h1-14H;4-7H,1-3H3;2-6H,1H3;1-4H,(H,8,9);;;;/q3*-1;;;;;. The van der Waals surface area contributed by atoms with E-state index in [1.54, 1.807) is 36.9 Å². The average Bonchev–Trinajstić information content (AvgIpc) is 4.08. The maximum atomic E-state index is 10.1. The number of carboxylic acid groups (broad SMARTS) is 1. The molecule has 0 fully saturated rings. The molecule has 7 aromatic heterocycles. The van der Waals surface area contributed by atoms with Crippen LogP contribution in [0.3, 0.4) is 0 Å². The molecule has 0 bridgehead atoms. The number of benzene rings is 2. The summed E-state index contributed by atoms with van der Waals surface area (Å²) in [5.74, 6) is 1.72. The number of pyridine rings is 4. The van der Waals surface area contributed by atoms with Crippen molar-refractivity contribution in [2.24, 2.45) is 0 Å². The fraction of sp³-hybridized carbons (Fsp3) is 0.109. The Kier molecular flexibility index (Phi) is 22.9. The van der Waals surface area contributed by atoms with Gasteiger partial charge in [0.15, 0.2) is 0 Å². The fourth-order valence-corrected chi connectivity index (χ4v) is 5.19. The van der Waals surface area contributed by atoms with E-state index in [-0.39, 0.29) is 89.0 Å². The van der Waals surface area contributed by atoms with E-state index in [1.807, 2.05) is 97.9 Å². The van der Waals surface area contributed by atoms with Crippen molar-refractivity contribution in [1.29, 1.82) is 0 Å². The summed E-state index contributed by atoms with van der Waals surface area (Å²) in [4.78, 5) is 48.6. The van der Waals surface area contributed by atoms with Crippen LogP contribution in [0.15, 0.2) is 164 Å². The first-order valence-corrected chi connectivity index (χ1v) is 18.5. The van der Waals surface area contributed by atoms with Crippen LogP contribution < -0.4 is 15.1 Å². The van der Waals surface area contributed by atoms with Crippen LogP contribution in [0, 0.1) is 6.92 Å². The van der Waals surface area contributed by atoms with Gasteiger partial charge < -0.3 is 35.1 Å². The number of imidazole rings is 2. The molecule has 2 aromatic carbocycles. The van der Waals surface area contributed by atoms with Crippen molar-refractivity contribution in [3.8, 4) is 57.1 Å². The number of carbonyl (C=O) groups is 1. The van der Waals surface area contributed by atoms with Gasteiger partial charge in [0.2, 0.25) is 0 Å². The van der Waals surface area contributed by atoms with Gasteiger partial charge in [-0.05, 0) is 95.4 Å². The predicted octanol–water partition coefficient (Wildman–Crippen LogP) is 8.41. The maximum absolute atomic E-state index is 10.1. The summed E-state index contributed by atoms with van der Waals surface area (Å²) in [7, 11) is 0. The van der Waals surface area contributed by atoms with E-state index in [0.717, 1.165) is 51.1 Å². The fourth-order valence-electron chi connectivity index (χ4n) is 5.19. The number of carboxylic acids is 1. The molecule has 17 heteroatoms. The molecular formula is C46H40N11O2Zn4-3. The second-order valence-electron chi connectivity index (χ2n) is 13.7. The number of rotatable bonds is 6. The van der Waals surface area contributed by atoms with Crippen molar-refractivity contribution < 1.29 is 87.8 Å².